The predicted molar refractivity (Wildman–Crippen MR) is 122 cm³/mol. The van der Waals surface area contributed by atoms with Crippen LogP contribution in [0.3, 0.4) is 0 Å². The first-order valence-electron chi connectivity index (χ1n) is 11.1. The minimum Gasteiger partial charge on any atom is -0.377 e. The summed E-state index contributed by atoms with van der Waals surface area (Å²) in [6.07, 6.45) is 5.65. The highest BCUT2D eigenvalue weighted by atomic mass is 32.2. The number of aromatic nitrogens is 4. The molecule has 0 bridgehead atoms. The van der Waals surface area contributed by atoms with Gasteiger partial charge in [0.05, 0.1) is 35.8 Å². The number of nitrogens with one attached hydrogen (secondary N) is 2. The Morgan fingerprint density at radius 3 is 2.55 bits per heavy atom. The topological polar surface area (TPSA) is 139 Å². The van der Waals surface area contributed by atoms with Crippen LogP contribution in [0, 0.1) is 0 Å². The molecule has 0 aromatic carbocycles. The third kappa shape index (κ3) is 4.01. The molecule has 33 heavy (non-hydrogen) atoms. The molecular weight excluding hydrogens is 446 g/mol. The Morgan fingerprint density at radius 1 is 1.21 bits per heavy atom. The van der Waals surface area contributed by atoms with Gasteiger partial charge in [0.1, 0.15) is 10.6 Å². The maximum atomic E-state index is 13.3. The number of amides is 2. The van der Waals surface area contributed by atoms with Crippen molar-refractivity contribution in [3.8, 4) is 11.4 Å². The second kappa shape index (κ2) is 8.17. The molecule has 2 aromatic heterocycles. The van der Waals surface area contributed by atoms with E-state index in [1.54, 1.807) is 0 Å². The summed E-state index contributed by atoms with van der Waals surface area (Å²) in [5.41, 5.74) is 1.08. The van der Waals surface area contributed by atoms with Crippen LogP contribution in [0.2, 0.25) is 0 Å². The summed E-state index contributed by atoms with van der Waals surface area (Å²) in [5, 5.41) is 4.69. The van der Waals surface area contributed by atoms with E-state index in [2.05, 4.69) is 32.4 Å². The van der Waals surface area contributed by atoms with Crippen LogP contribution in [0.15, 0.2) is 18.5 Å². The number of urea groups is 1. The van der Waals surface area contributed by atoms with E-state index in [1.807, 2.05) is 6.07 Å². The predicted octanol–water partition coefficient (Wildman–Crippen LogP) is 1.48. The summed E-state index contributed by atoms with van der Waals surface area (Å²) in [5.74, 6) is 1.19. The van der Waals surface area contributed by atoms with Crippen molar-refractivity contribution >= 4 is 27.6 Å². The third-order valence-corrected chi connectivity index (χ3v) is 9.47. The summed E-state index contributed by atoms with van der Waals surface area (Å²) in [6, 6.07) is 1.51. The lowest BCUT2D eigenvalue weighted by Crippen LogP contribution is -2.44. The van der Waals surface area contributed by atoms with Crippen molar-refractivity contribution in [2.45, 2.75) is 48.6 Å². The fourth-order valence-corrected chi connectivity index (χ4v) is 6.64. The molecule has 3 fully saturated rings. The summed E-state index contributed by atoms with van der Waals surface area (Å²) >= 11 is 0. The highest BCUT2D eigenvalue weighted by Gasteiger charge is 2.61. The average molecular weight is 474 g/mol. The molecule has 1 atom stereocenters. The van der Waals surface area contributed by atoms with Gasteiger partial charge in [-0.1, -0.05) is 0 Å². The number of carbonyl (C=O) groups is 1. The summed E-state index contributed by atoms with van der Waals surface area (Å²) in [7, 11) is -1.81. The lowest BCUT2D eigenvalue weighted by Gasteiger charge is -2.34. The van der Waals surface area contributed by atoms with Gasteiger partial charge >= 0.3 is 6.03 Å². The van der Waals surface area contributed by atoms with E-state index >= 15 is 0 Å². The summed E-state index contributed by atoms with van der Waals surface area (Å²) in [6.45, 7) is 3.86. The van der Waals surface area contributed by atoms with Crippen LogP contribution in [0.1, 0.15) is 38.3 Å². The van der Waals surface area contributed by atoms with Crippen LogP contribution in [0.4, 0.5) is 16.6 Å². The number of nitrogens with zero attached hydrogens (tertiary/aromatic N) is 5. The number of carbonyl (C=O) groups excluding carboxylic acids is 1. The van der Waals surface area contributed by atoms with Gasteiger partial charge < -0.3 is 15.0 Å². The van der Waals surface area contributed by atoms with E-state index in [4.69, 9.17) is 14.7 Å². The maximum absolute atomic E-state index is 13.3. The van der Waals surface area contributed by atoms with E-state index in [0.717, 1.165) is 12.8 Å². The van der Waals surface area contributed by atoms with Crippen LogP contribution in [0.25, 0.3) is 11.4 Å². The Kier molecular flexibility index (Phi) is 5.44. The fourth-order valence-electron chi connectivity index (χ4n) is 4.18. The molecule has 11 nitrogen and oxygen atoms in total. The van der Waals surface area contributed by atoms with Crippen LogP contribution >= 0.6 is 0 Å². The second-order valence-corrected chi connectivity index (χ2v) is 11.3. The molecule has 2 saturated carbocycles. The van der Waals surface area contributed by atoms with Gasteiger partial charge in [0.2, 0.25) is 5.95 Å². The molecule has 12 heteroatoms. The standard InChI is InChI=1S/C21H27N7O4S/c1-13-12-32-8-7-28(13)17-9-16(21(5-6-21)33(30,31)15-3-4-15)25-18(26-17)14-10-23-19(24-11-14)27-20(29)22-2/h9-11,13,15H,3-8,12H2,1-2H3,(H2,22,23,24,27,29)/t13-/m0/s1. The molecule has 0 radical (unpaired) electrons. The molecule has 3 heterocycles. The lowest BCUT2D eigenvalue weighted by atomic mass is 10.2. The third-order valence-electron chi connectivity index (χ3n) is 6.42. The normalized spacial score (nSPS) is 22.0. The zero-order chi connectivity index (χ0) is 23.2. The van der Waals surface area contributed by atoms with Gasteiger partial charge in [-0.2, -0.15) is 0 Å². The van der Waals surface area contributed by atoms with Gasteiger partial charge in [0, 0.05) is 32.1 Å². The first-order chi connectivity index (χ1) is 15.8. The Morgan fingerprint density at radius 2 is 1.94 bits per heavy atom. The second-order valence-electron chi connectivity index (χ2n) is 8.79. The average Bonchev–Trinajstić information content (AvgIpc) is 3.72. The zero-order valence-electron chi connectivity index (χ0n) is 18.6. The van der Waals surface area contributed by atoms with Gasteiger partial charge in [0.25, 0.3) is 0 Å². The number of morpholine rings is 1. The van der Waals surface area contributed by atoms with Crippen molar-refractivity contribution in [2.24, 2.45) is 0 Å². The quantitative estimate of drug-likeness (QED) is 0.638. The Hall–Kier alpha value is -2.86. The molecular formula is C21H27N7O4S. The molecule has 2 N–H and O–H groups in total. The van der Waals surface area contributed by atoms with Crippen LogP contribution in [0.5, 0.6) is 0 Å². The SMILES string of the molecule is CNC(=O)Nc1ncc(-c2nc(N3CCOC[C@@H]3C)cc(C3(S(=O)(=O)C4CC4)CC3)n2)cn1. The monoisotopic (exact) mass is 473 g/mol. The van der Waals surface area contributed by atoms with Crippen molar-refractivity contribution in [2.75, 3.05) is 37.0 Å². The molecule has 2 aromatic rings. The minimum atomic E-state index is -3.31. The van der Waals surface area contributed by atoms with Crippen LogP contribution < -0.4 is 15.5 Å². The van der Waals surface area contributed by atoms with Gasteiger partial charge in [-0.05, 0) is 32.6 Å². The number of anilines is 2. The smallest absolute Gasteiger partial charge is 0.321 e. The largest absolute Gasteiger partial charge is 0.377 e. The molecule has 0 unspecified atom stereocenters. The zero-order valence-corrected chi connectivity index (χ0v) is 19.4. The van der Waals surface area contributed by atoms with E-state index in [-0.39, 0.29) is 17.2 Å². The molecule has 5 rings (SSSR count). The Balaban J connectivity index is 1.55. The number of sulfone groups is 1. The molecule has 2 amide bonds. The first-order valence-corrected chi connectivity index (χ1v) is 12.7. The number of ether oxygens (including phenoxy) is 1. The van der Waals surface area contributed by atoms with E-state index in [9.17, 15) is 13.2 Å². The Labute approximate surface area is 192 Å². The van der Waals surface area contributed by atoms with Crippen molar-refractivity contribution in [3.05, 3.63) is 24.2 Å². The number of hydrogen-bond acceptors (Lipinski definition) is 9. The highest BCUT2D eigenvalue weighted by Crippen LogP contribution is 2.57. The van der Waals surface area contributed by atoms with Crippen LogP contribution in [-0.2, 0) is 19.3 Å². The number of rotatable bonds is 6. The van der Waals surface area contributed by atoms with Gasteiger partial charge in [-0.25, -0.2) is 33.1 Å². The summed E-state index contributed by atoms with van der Waals surface area (Å²) < 4.78 is 31.2. The van der Waals surface area contributed by atoms with Crippen molar-refractivity contribution in [1.29, 1.82) is 0 Å². The van der Waals surface area contributed by atoms with E-state index in [0.29, 0.717) is 55.5 Å². The summed E-state index contributed by atoms with van der Waals surface area (Å²) in [4.78, 5) is 31.5. The van der Waals surface area contributed by atoms with Gasteiger partial charge in [-0.3, -0.25) is 5.32 Å². The maximum Gasteiger partial charge on any atom is 0.321 e. The first kappa shape index (κ1) is 22.0. The Bertz CT molecular complexity index is 1160. The van der Waals surface area contributed by atoms with Gasteiger partial charge in [0.15, 0.2) is 15.7 Å². The van der Waals surface area contributed by atoms with E-state index < -0.39 is 20.6 Å². The molecule has 1 saturated heterocycles. The highest BCUT2D eigenvalue weighted by molar-refractivity contribution is 7.93. The molecule has 3 aliphatic rings. The van der Waals surface area contributed by atoms with Crippen molar-refractivity contribution in [1.82, 2.24) is 25.3 Å². The van der Waals surface area contributed by atoms with Crippen molar-refractivity contribution < 1.29 is 17.9 Å². The molecule has 2 aliphatic carbocycles. The van der Waals surface area contributed by atoms with Gasteiger partial charge in [-0.15, -0.1) is 0 Å². The minimum absolute atomic E-state index is 0.0972. The lowest BCUT2D eigenvalue weighted by molar-refractivity contribution is 0.0985. The van der Waals surface area contributed by atoms with Crippen molar-refractivity contribution in [3.63, 3.8) is 0 Å². The molecule has 1 aliphatic heterocycles. The van der Waals surface area contributed by atoms with E-state index in [1.165, 1.54) is 19.4 Å². The molecule has 176 valence electrons. The van der Waals surface area contributed by atoms with Crippen LogP contribution in [-0.4, -0.2) is 72.5 Å². The molecule has 0 spiro atoms. The fraction of sp³-hybridized carbons (Fsp3) is 0.571. The number of hydrogen-bond donors (Lipinski definition) is 2.